The van der Waals surface area contributed by atoms with Crippen molar-refractivity contribution >= 4 is 0 Å². The van der Waals surface area contributed by atoms with E-state index in [2.05, 4.69) is 44.9 Å². The Morgan fingerprint density at radius 1 is 1.10 bits per heavy atom. The van der Waals surface area contributed by atoms with Crippen LogP contribution < -0.4 is 5.73 Å². The van der Waals surface area contributed by atoms with E-state index in [9.17, 15) is 0 Å². The molecule has 2 N–H and O–H groups in total. The largest absolute Gasteiger partial charge is 0.330 e. The van der Waals surface area contributed by atoms with Gasteiger partial charge in [0.25, 0.3) is 0 Å². The monoisotopic (exact) mass is 274 g/mol. The summed E-state index contributed by atoms with van der Waals surface area (Å²) >= 11 is 0. The molecule has 0 bridgehead atoms. The van der Waals surface area contributed by atoms with Crippen LogP contribution in [0.3, 0.4) is 0 Å². The van der Waals surface area contributed by atoms with Crippen LogP contribution in [-0.2, 0) is 6.54 Å². The van der Waals surface area contributed by atoms with Gasteiger partial charge in [-0.2, -0.15) is 0 Å². The molecule has 20 heavy (non-hydrogen) atoms. The summed E-state index contributed by atoms with van der Waals surface area (Å²) in [5.41, 5.74) is 11.7. The Morgan fingerprint density at radius 3 is 2.30 bits per heavy atom. The van der Waals surface area contributed by atoms with Crippen molar-refractivity contribution in [2.45, 2.75) is 59.0 Å². The second-order valence-corrected chi connectivity index (χ2v) is 6.64. The highest BCUT2D eigenvalue weighted by atomic mass is 15.1. The van der Waals surface area contributed by atoms with Crippen LogP contribution in [0.5, 0.6) is 0 Å². The molecular formula is C18H30N2. The maximum atomic E-state index is 5.98. The fraction of sp³-hybridized carbons (Fsp3) is 0.667. The van der Waals surface area contributed by atoms with Crippen LogP contribution in [0.1, 0.15) is 47.9 Å². The quantitative estimate of drug-likeness (QED) is 0.909. The number of benzene rings is 1. The molecule has 1 aliphatic carbocycles. The minimum Gasteiger partial charge on any atom is -0.330 e. The van der Waals surface area contributed by atoms with E-state index >= 15 is 0 Å². The molecule has 112 valence electrons. The molecule has 0 aliphatic heterocycles. The predicted molar refractivity (Wildman–Crippen MR) is 86.9 cm³/mol. The van der Waals surface area contributed by atoms with Gasteiger partial charge in [0.2, 0.25) is 0 Å². The van der Waals surface area contributed by atoms with Crippen molar-refractivity contribution in [1.29, 1.82) is 0 Å². The van der Waals surface area contributed by atoms with Crippen molar-refractivity contribution in [2.24, 2.45) is 11.7 Å². The zero-order chi connectivity index (χ0) is 14.7. The molecular weight excluding hydrogens is 244 g/mol. The third-order valence-electron chi connectivity index (χ3n) is 4.99. The molecule has 0 spiro atoms. The van der Waals surface area contributed by atoms with Crippen LogP contribution in [0.25, 0.3) is 0 Å². The lowest BCUT2D eigenvalue weighted by Gasteiger charge is -2.38. The van der Waals surface area contributed by atoms with Crippen molar-refractivity contribution < 1.29 is 0 Å². The second kappa shape index (κ2) is 6.73. The molecule has 1 aromatic carbocycles. The topological polar surface area (TPSA) is 29.3 Å². The predicted octanol–water partition coefficient (Wildman–Crippen LogP) is 3.56. The molecule has 2 unspecified atom stereocenters. The van der Waals surface area contributed by atoms with Gasteiger partial charge in [0.1, 0.15) is 0 Å². The maximum absolute atomic E-state index is 5.98. The van der Waals surface area contributed by atoms with Gasteiger partial charge in [-0.1, -0.05) is 30.5 Å². The van der Waals surface area contributed by atoms with E-state index in [1.807, 2.05) is 0 Å². The SMILES string of the molecule is Cc1cc(C)c(CN(C)C2CCCCC2CN)c(C)c1. The van der Waals surface area contributed by atoms with Gasteiger partial charge in [-0.3, -0.25) is 4.90 Å². The second-order valence-electron chi connectivity index (χ2n) is 6.64. The lowest BCUT2D eigenvalue weighted by atomic mass is 9.83. The molecule has 1 fully saturated rings. The first-order chi connectivity index (χ1) is 9.52. The first-order valence-corrected chi connectivity index (χ1v) is 8.00. The van der Waals surface area contributed by atoms with Gasteiger partial charge < -0.3 is 5.73 Å². The van der Waals surface area contributed by atoms with Gasteiger partial charge in [0.05, 0.1) is 0 Å². The molecule has 0 heterocycles. The highest BCUT2D eigenvalue weighted by Crippen LogP contribution is 2.29. The molecule has 2 nitrogen and oxygen atoms in total. The molecule has 2 atom stereocenters. The molecule has 1 saturated carbocycles. The first kappa shape index (κ1) is 15.5. The smallest absolute Gasteiger partial charge is 0.0239 e. The highest BCUT2D eigenvalue weighted by Gasteiger charge is 2.27. The fourth-order valence-electron chi connectivity index (χ4n) is 3.87. The molecule has 0 saturated heterocycles. The van der Waals surface area contributed by atoms with E-state index in [0.717, 1.165) is 13.1 Å². The average Bonchev–Trinajstić information content (AvgIpc) is 2.42. The molecule has 0 radical (unpaired) electrons. The summed E-state index contributed by atoms with van der Waals surface area (Å²) in [5, 5.41) is 0. The molecule has 2 heteroatoms. The minimum atomic E-state index is 0.661. The van der Waals surface area contributed by atoms with Crippen molar-refractivity contribution in [3.05, 3.63) is 34.4 Å². The first-order valence-electron chi connectivity index (χ1n) is 8.00. The lowest BCUT2D eigenvalue weighted by Crippen LogP contribution is -2.42. The highest BCUT2D eigenvalue weighted by molar-refractivity contribution is 5.37. The van der Waals surface area contributed by atoms with Gasteiger partial charge >= 0.3 is 0 Å². The van der Waals surface area contributed by atoms with Crippen LogP contribution in [0.2, 0.25) is 0 Å². The van der Waals surface area contributed by atoms with Crippen LogP contribution in [-0.4, -0.2) is 24.5 Å². The standard InChI is InChI=1S/C18H30N2/c1-13-9-14(2)17(15(3)10-13)12-20(4)18-8-6-5-7-16(18)11-19/h9-10,16,18H,5-8,11-12,19H2,1-4H3. The third-order valence-corrected chi connectivity index (χ3v) is 4.99. The zero-order valence-electron chi connectivity index (χ0n) is 13.6. The third kappa shape index (κ3) is 3.42. The molecule has 1 aromatic rings. The molecule has 1 aliphatic rings. The van der Waals surface area contributed by atoms with Gasteiger partial charge in [-0.25, -0.2) is 0 Å². The van der Waals surface area contributed by atoms with Gasteiger partial charge in [0.15, 0.2) is 0 Å². The Hall–Kier alpha value is -0.860. The Labute approximate surface area is 124 Å². The number of hydrogen-bond acceptors (Lipinski definition) is 2. The van der Waals surface area contributed by atoms with E-state index in [1.165, 1.54) is 47.9 Å². The van der Waals surface area contributed by atoms with Crippen LogP contribution in [0, 0.1) is 26.7 Å². The number of hydrogen-bond donors (Lipinski definition) is 1. The summed E-state index contributed by atoms with van der Waals surface area (Å²) in [5.74, 6) is 0.680. The summed E-state index contributed by atoms with van der Waals surface area (Å²) in [6.07, 6.45) is 5.33. The Morgan fingerprint density at radius 2 is 1.70 bits per heavy atom. The van der Waals surface area contributed by atoms with Crippen molar-refractivity contribution in [3.8, 4) is 0 Å². The Kier molecular flexibility index (Phi) is 5.22. The van der Waals surface area contributed by atoms with Crippen LogP contribution >= 0.6 is 0 Å². The number of nitrogens with zero attached hydrogens (tertiary/aromatic N) is 1. The van der Waals surface area contributed by atoms with Crippen molar-refractivity contribution in [3.63, 3.8) is 0 Å². The number of nitrogens with two attached hydrogens (primary N) is 1. The van der Waals surface area contributed by atoms with Gasteiger partial charge in [-0.05, 0) is 69.8 Å². The van der Waals surface area contributed by atoms with E-state index in [1.54, 1.807) is 0 Å². The van der Waals surface area contributed by atoms with E-state index in [-0.39, 0.29) is 0 Å². The minimum absolute atomic E-state index is 0.661. The van der Waals surface area contributed by atoms with Crippen molar-refractivity contribution in [2.75, 3.05) is 13.6 Å². The van der Waals surface area contributed by atoms with Crippen molar-refractivity contribution in [1.82, 2.24) is 4.90 Å². The summed E-state index contributed by atoms with van der Waals surface area (Å²) in [7, 11) is 2.28. The summed E-state index contributed by atoms with van der Waals surface area (Å²) in [6, 6.07) is 5.27. The molecule has 0 aromatic heterocycles. The van der Waals surface area contributed by atoms with Gasteiger partial charge in [-0.15, -0.1) is 0 Å². The number of rotatable bonds is 4. The molecule has 0 amide bonds. The van der Waals surface area contributed by atoms with Crippen LogP contribution in [0.15, 0.2) is 12.1 Å². The van der Waals surface area contributed by atoms with Crippen LogP contribution in [0.4, 0.5) is 0 Å². The number of aryl methyl sites for hydroxylation is 3. The normalized spacial score (nSPS) is 23.3. The summed E-state index contributed by atoms with van der Waals surface area (Å²) in [4.78, 5) is 2.54. The van der Waals surface area contributed by atoms with E-state index in [0.29, 0.717) is 12.0 Å². The Balaban J connectivity index is 2.12. The van der Waals surface area contributed by atoms with Gasteiger partial charge in [0, 0.05) is 12.6 Å². The van der Waals surface area contributed by atoms with E-state index < -0.39 is 0 Å². The summed E-state index contributed by atoms with van der Waals surface area (Å²) < 4.78 is 0. The van der Waals surface area contributed by atoms with E-state index in [4.69, 9.17) is 5.73 Å². The summed E-state index contributed by atoms with van der Waals surface area (Å²) in [6.45, 7) is 8.55. The fourth-order valence-corrected chi connectivity index (χ4v) is 3.87. The lowest BCUT2D eigenvalue weighted by molar-refractivity contribution is 0.127. The maximum Gasteiger partial charge on any atom is 0.0239 e. The average molecular weight is 274 g/mol. The Bertz CT molecular complexity index is 430. The molecule has 2 rings (SSSR count). The zero-order valence-corrected chi connectivity index (χ0v) is 13.6.